The highest BCUT2D eigenvalue weighted by Gasteiger charge is 2.13. The second kappa shape index (κ2) is 7.07. The fourth-order valence-electron chi connectivity index (χ4n) is 2.60. The fourth-order valence-corrected chi connectivity index (χ4v) is 2.60. The average Bonchev–Trinajstić information content (AvgIpc) is 3.00. The summed E-state index contributed by atoms with van der Waals surface area (Å²) >= 11 is 0. The molecule has 0 aliphatic rings. The van der Waals surface area contributed by atoms with Gasteiger partial charge in [0.1, 0.15) is 24.2 Å². The molecule has 0 radical (unpaired) electrons. The van der Waals surface area contributed by atoms with Crippen LogP contribution in [0.2, 0.25) is 0 Å². The van der Waals surface area contributed by atoms with Gasteiger partial charge in [-0.1, -0.05) is 0 Å². The number of aromatic nitrogens is 1. The van der Waals surface area contributed by atoms with Gasteiger partial charge in [-0.15, -0.1) is 0 Å². The standard InChI is InChI=1S/C19H18N2O3/c1-22-9-10-24-14-5-3-13(4-6-14)19-17(12-20)16-8-7-15(23-2)11-18(16)21-19/h3-8,11,21H,9-10H2,1-2H3. The number of ether oxygens (including phenoxy) is 3. The van der Waals surface area contributed by atoms with E-state index in [1.165, 1.54) is 0 Å². The van der Waals surface area contributed by atoms with Gasteiger partial charge in [0.05, 0.1) is 30.5 Å². The normalized spacial score (nSPS) is 10.5. The Morgan fingerprint density at radius 2 is 1.75 bits per heavy atom. The van der Waals surface area contributed by atoms with Crippen molar-refractivity contribution in [1.82, 2.24) is 4.98 Å². The molecule has 24 heavy (non-hydrogen) atoms. The molecule has 1 aromatic heterocycles. The number of nitrogens with zero attached hydrogens (tertiary/aromatic N) is 1. The molecule has 0 atom stereocenters. The molecule has 0 aliphatic carbocycles. The maximum Gasteiger partial charge on any atom is 0.120 e. The van der Waals surface area contributed by atoms with Gasteiger partial charge in [-0.3, -0.25) is 0 Å². The first kappa shape index (κ1) is 15.9. The molecular weight excluding hydrogens is 304 g/mol. The molecule has 3 rings (SSSR count). The van der Waals surface area contributed by atoms with E-state index >= 15 is 0 Å². The molecule has 1 heterocycles. The number of nitrogens with one attached hydrogen (secondary N) is 1. The number of H-pyrrole nitrogens is 1. The van der Waals surface area contributed by atoms with Crippen molar-refractivity contribution in [3.63, 3.8) is 0 Å². The van der Waals surface area contributed by atoms with Crippen LogP contribution >= 0.6 is 0 Å². The van der Waals surface area contributed by atoms with Crippen LogP contribution in [-0.2, 0) is 4.74 Å². The SMILES string of the molecule is COCCOc1ccc(-c2[nH]c3cc(OC)ccc3c2C#N)cc1. The maximum atomic E-state index is 9.55. The minimum atomic E-state index is 0.505. The Kier molecular flexibility index (Phi) is 4.69. The lowest BCUT2D eigenvalue weighted by molar-refractivity contribution is 0.146. The first-order chi connectivity index (χ1) is 11.8. The number of benzene rings is 2. The third-order valence-electron chi connectivity index (χ3n) is 3.82. The molecule has 5 nitrogen and oxygen atoms in total. The molecule has 0 saturated carbocycles. The number of rotatable bonds is 6. The van der Waals surface area contributed by atoms with Crippen LogP contribution in [0.15, 0.2) is 42.5 Å². The summed E-state index contributed by atoms with van der Waals surface area (Å²) < 4.78 is 15.8. The zero-order chi connectivity index (χ0) is 16.9. The summed E-state index contributed by atoms with van der Waals surface area (Å²) in [5.41, 5.74) is 3.23. The molecule has 5 heteroatoms. The predicted octanol–water partition coefficient (Wildman–Crippen LogP) is 3.74. The van der Waals surface area contributed by atoms with Gasteiger partial charge >= 0.3 is 0 Å². The quantitative estimate of drug-likeness (QED) is 0.702. The van der Waals surface area contributed by atoms with Gasteiger partial charge in [0.2, 0.25) is 0 Å². The minimum Gasteiger partial charge on any atom is -0.497 e. The van der Waals surface area contributed by atoms with Crippen molar-refractivity contribution < 1.29 is 14.2 Å². The third-order valence-corrected chi connectivity index (χ3v) is 3.82. The Morgan fingerprint density at radius 3 is 2.42 bits per heavy atom. The third kappa shape index (κ3) is 3.05. The van der Waals surface area contributed by atoms with Crippen LogP contribution in [0.5, 0.6) is 11.5 Å². The van der Waals surface area contributed by atoms with Crippen molar-refractivity contribution >= 4 is 10.9 Å². The van der Waals surface area contributed by atoms with Gasteiger partial charge in [0, 0.05) is 18.6 Å². The van der Waals surface area contributed by atoms with Gasteiger partial charge < -0.3 is 19.2 Å². The summed E-state index contributed by atoms with van der Waals surface area (Å²) in [5, 5.41) is 10.4. The summed E-state index contributed by atoms with van der Waals surface area (Å²) in [5.74, 6) is 1.52. The molecule has 0 aliphatic heterocycles. The number of hydrogen-bond acceptors (Lipinski definition) is 4. The van der Waals surface area contributed by atoms with E-state index in [1.807, 2.05) is 42.5 Å². The Labute approximate surface area is 140 Å². The smallest absolute Gasteiger partial charge is 0.120 e. The molecule has 0 fully saturated rings. The lowest BCUT2D eigenvalue weighted by Crippen LogP contribution is -2.03. The van der Waals surface area contributed by atoms with E-state index in [0.29, 0.717) is 18.8 Å². The zero-order valence-corrected chi connectivity index (χ0v) is 13.6. The molecule has 0 amide bonds. The van der Waals surface area contributed by atoms with Crippen molar-refractivity contribution in [3.05, 3.63) is 48.0 Å². The Balaban J connectivity index is 1.95. The first-order valence-corrected chi connectivity index (χ1v) is 7.59. The molecule has 0 spiro atoms. The number of hydrogen-bond donors (Lipinski definition) is 1. The lowest BCUT2D eigenvalue weighted by atomic mass is 10.1. The van der Waals surface area contributed by atoms with Gasteiger partial charge in [-0.25, -0.2) is 0 Å². The predicted molar refractivity (Wildman–Crippen MR) is 92.4 cm³/mol. The van der Waals surface area contributed by atoms with Crippen LogP contribution in [0.25, 0.3) is 22.2 Å². The fraction of sp³-hybridized carbons (Fsp3) is 0.211. The molecule has 0 saturated heterocycles. The van der Waals surface area contributed by atoms with E-state index in [-0.39, 0.29) is 0 Å². The molecule has 1 N–H and O–H groups in total. The summed E-state index contributed by atoms with van der Waals surface area (Å²) in [7, 11) is 3.26. The summed E-state index contributed by atoms with van der Waals surface area (Å²) in [6.45, 7) is 1.05. The summed E-state index contributed by atoms with van der Waals surface area (Å²) in [6.07, 6.45) is 0. The highest BCUT2D eigenvalue weighted by atomic mass is 16.5. The van der Waals surface area contributed by atoms with E-state index in [4.69, 9.17) is 14.2 Å². The van der Waals surface area contributed by atoms with Crippen molar-refractivity contribution in [1.29, 1.82) is 5.26 Å². The number of aromatic amines is 1. The van der Waals surface area contributed by atoms with E-state index in [1.54, 1.807) is 14.2 Å². The molecule has 122 valence electrons. The summed E-state index contributed by atoms with van der Waals surface area (Å²) in [6, 6.07) is 15.6. The molecule has 0 bridgehead atoms. The van der Waals surface area contributed by atoms with Crippen LogP contribution in [0.1, 0.15) is 5.56 Å². The second-order valence-corrected chi connectivity index (χ2v) is 5.26. The second-order valence-electron chi connectivity index (χ2n) is 5.26. The van der Waals surface area contributed by atoms with Crippen LogP contribution in [0.4, 0.5) is 0 Å². The Morgan fingerprint density at radius 1 is 1.00 bits per heavy atom. The minimum absolute atomic E-state index is 0.505. The Hall–Kier alpha value is -2.97. The maximum absolute atomic E-state index is 9.55. The average molecular weight is 322 g/mol. The lowest BCUT2D eigenvalue weighted by Gasteiger charge is -2.06. The topological polar surface area (TPSA) is 67.3 Å². The Bertz CT molecular complexity index is 876. The van der Waals surface area contributed by atoms with Gasteiger partial charge in [-0.05, 0) is 42.0 Å². The summed E-state index contributed by atoms with van der Waals surface area (Å²) in [4.78, 5) is 3.31. The van der Waals surface area contributed by atoms with Crippen LogP contribution in [0, 0.1) is 11.3 Å². The highest BCUT2D eigenvalue weighted by Crippen LogP contribution is 2.32. The molecular formula is C19H18N2O3. The van der Waals surface area contributed by atoms with E-state index in [0.717, 1.165) is 33.7 Å². The van der Waals surface area contributed by atoms with Crippen LogP contribution in [-0.4, -0.2) is 32.4 Å². The van der Waals surface area contributed by atoms with Crippen molar-refractivity contribution in [3.8, 4) is 28.8 Å². The number of methoxy groups -OCH3 is 2. The number of nitriles is 1. The van der Waals surface area contributed by atoms with Gasteiger partial charge in [-0.2, -0.15) is 5.26 Å². The van der Waals surface area contributed by atoms with Crippen LogP contribution in [0.3, 0.4) is 0 Å². The van der Waals surface area contributed by atoms with Crippen molar-refractivity contribution in [2.24, 2.45) is 0 Å². The van der Waals surface area contributed by atoms with Crippen LogP contribution < -0.4 is 9.47 Å². The number of fused-ring (bicyclic) bond motifs is 1. The van der Waals surface area contributed by atoms with Gasteiger partial charge in [0.15, 0.2) is 0 Å². The van der Waals surface area contributed by atoms with E-state index in [9.17, 15) is 5.26 Å². The van der Waals surface area contributed by atoms with E-state index in [2.05, 4.69) is 11.1 Å². The van der Waals surface area contributed by atoms with E-state index < -0.39 is 0 Å². The zero-order valence-electron chi connectivity index (χ0n) is 13.6. The molecule has 2 aromatic carbocycles. The molecule has 3 aromatic rings. The molecule has 0 unspecified atom stereocenters. The highest BCUT2D eigenvalue weighted by molar-refractivity contribution is 5.94. The van der Waals surface area contributed by atoms with Crippen molar-refractivity contribution in [2.45, 2.75) is 0 Å². The van der Waals surface area contributed by atoms with Crippen molar-refractivity contribution in [2.75, 3.05) is 27.4 Å². The first-order valence-electron chi connectivity index (χ1n) is 7.59. The van der Waals surface area contributed by atoms with Gasteiger partial charge in [0.25, 0.3) is 0 Å². The largest absolute Gasteiger partial charge is 0.497 e. The monoisotopic (exact) mass is 322 g/mol.